The van der Waals surface area contributed by atoms with E-state index in [4.69, 9.17) is 0 Å². The Hall–Kier alpha value is -3.45. The molecule has 0 amide bonds. The molecule has 4 rings (SSSR count). The topological polar surface area (TPSA) is 35.9 Å². The number of rotatable bonds is 7. The van der Waals surface area contributed by atoms with Crippen LogP contribution in [-0.4, -0.2) is 36.2 Å². The summed E-state index contributed by atoms with van der Waals surface area (Å²) in [6, 6.07) is 23.2. The zero-order valence-corrected chi connectivity index (χ0v) is 21.6. The number of hydrogen-bond donors (Lipinski definition) is 1. The summed E-state index contributed by atoms with van der Waals surface area (Å²) in [6.45, 7) is 12.0. The number of alkyl halides is 3. The maximum absolute atomic E-state index is 11.6. The standard InChI is InChI=1S/C22H28N2O.C8H7F3O/c1-17-6-10-20(11-7-17)22-5-4-14-24(22)19(3)15-23(16-25)21-12-8-18(2)9-13-21;1-6-2-4-7(5-3-6)12-8(9,10)11/h6-13,22,25H,3-5,14-16H2,1-2H3;2-5H,1H3. The summed E-state index contributed by atoms with van der Waals surface area (Å²) in [4.78, 5) is 4.37. The molecule has 1 aliphatic rings. The molecule has 37 heavy (non-hydrogen) atoms. The van der Waals surface area contributed by atoms with E-state index in [9.17, 15) is 18.3 Å². The number of aliphatic hydroxyl groups excluding tert-OH is 1. The summed E-state index contributed by atoms with van der Waals surface area (Å²) in [7, 11) is 0. The summed E-state index contributed by atoms with van der Waals surface area (Å²) < 4.78 is 38.5. The Balaban J connectivity index is 0.000000266. The lowest BCUT2D eigenvalue weighted by molar-refractivity contribution is -0.274. The molecule has 0 aliphatic carbocycles. The Morgan fingerprint density at radius 1 is 0.919 bits per heavy atom. The van der Waals surface area contributed by atoms with Crippen LogP contribution in [0.2, 0.25) is 0 Å². The quantitative estimate of drug-likeness (QED) is 0.337. The monoisotopic (exact) mass is 512 g/mol. The predicted octanol–water partition coefficient (Wildman–Crippen LogP) is 7.30. The smallest absolute Gasteiger partial charge is 0.406 e. The van der Waals surface area contributed by atoms with Gasteiger partial charge in [-0.25, -0.2) is 0 Å². The van der Waals surface area contributed by atoms with Crippen LogP contribution in [0.1, 0.15) is 41.1 Å². The normalized spacial score (nSPS) is 15.1. The summed E-state index contributed by atoms with van der Waals surface area (Å²) in [6.07, 6.45) is -2.26. The largest absolute Gasteiger partial charge is 0.573 e. The maximum atomic E-state index is 11.6. The van der Waals surface area contributed by atoms with Gasteiger partial charge in [-0.3, -0.25) is 0 Å². The second-order valence-electron chi connectivity index (χ2n) is 9.36. The van der Waals surface area contributed by atoms with Crippen molar-refractivity contribution >= 4 is 5.69 Å². The van der Waals surface area contributed by atoms with Gasteiger partial charge >= 0.3 is 6.36 Å². The van der Waals surface area contributed by atoms with Crippen molar-refractivity contribution in [2.45, 2.75) is 46.0 Å². The van der Waals surface area contributed by atoms with Crippen LogP contribution in [0, 0.1) is 20.8 Å². The third-order valence-electron chi connectivity index (χ3n) is 6.32. The molecule has 1 atom stereocenters. The van der Waals surface area contributed by atoms with E-state index in [0.717, 1.165) is 29.9 Å². The molecular formula is C30H35F3N2O2. The molecule has 0 radical (unpaired) electrons. The first-order valence-electron chi connectivity index (χ1n) is 12.3. The van der Waals surface area contributed by atoms with Gasteiger partial charge < -0.3 is 19.6 Å². The number of anilines is 1. The molecule has 198 valence electrons. The predicted molar refractivity (Wildman–Crippen MR) is 142 cm³/mol. The summed E-state index contributed by atoms with van der Waals surface area (Å²) in [5, 5.41) is 9.82. The average Bonchev–Trinajstić information content (AvgIpc) is 3.35. The molecule has 0 saturated carbocycles. The van der Waals surface area contributed by atoms with Gasteiger partial charge in [-0.2, -0.15) is 0 Å². The molecule has 3 aromatic carbocycles. The molecule has 0 spiro atoms. The highest BCUT2D eigenvalue weighted by molar-refractivity contribution is 5.48. The first kappa shape index (κ1) is 28.1. The Kier molecular flexibility index (Phi) is 9.64. The second-order valence-corrected chi connectivity index (χ2v) is 9.36. The molecule has 0 bridgehead atoms. The molecule has 7 heteroatoms. The van der Waals surface area contributed by atoms with Crippen molar-refractivity contribution in [3.05, 3.63) is 107 Å². The fraction of sp³-hybridized carbons (Fsp3) is 0.333. The summed E-state index contributed by atoms with van der Waals surface area (Å²) >= 11 is 0. The number of halogens is 3. The van der Waals surface area contributed by atoms with Gasteiger partial charge in [0, 0.05) is 17.9 Å². The van der Waals surface area contributed by atoms with E-state index < -0.39 is 6.36 Å². The van der Waals surface area contributed by atoms with E-state index >= 15 is 0 Å². The number of nitrogens with zero attached hydrogens (tertiary/aromatic N) is 2. The van der Waals surface area contributed by atoms with Gasteiger partial charge in [-0.1, -0.05) is 71.8 Å². The number of likely N-dealkylation sites (tertiary alicyclic amines) is 1. The number of aryl methyl sites for hydroxylation is 3. The van der Waals surface area contributed by atoms with Gasteiger partial charge in [0.1, 0.15) is 12.5 Å². The van der Waals surface area contributed by atoms with Crippen LogP contribution in [0.25, 0.3) is 0 Å². The first-order chi connectivity index (χ1) is 17.6. The highest BCUT2D eigenvalue weighted by Crippen LogP contribution is 2.35. The first-order valence-corrected chi connectivity index (χ1v) is 12.3. The van der Waals surface area contributed by atoms with E-state index in [-0.39, 0.29) is 12.5 Å². The van der Waals surface area contributed by atoms with Gasteiger partial charge in [0.05, 0.1) is 12.6 Å². The minimum absolute atomic E-state index is 0.00881. The van der Waals surface area contributed by atoms with Crippen molar-refractivity contribution in [2.75, 3.05) is 24.7 Å². The lowest BCUT2D eigenvalue weighted by atomic mass is 10.0. The molecule has 1 aliphatic heterocycles. The van der Waals surface area contributed by atoms with Gasteiger partial charge in [-0.05, 0) is 63.4 Å². The Morgan fingerprint density at radius 3 is 1.95 bits per heavy atom. The van der Waals surface area contributed by atoms with Crippen LogP contribution in [0.3, 0.4) is 0 Å². The maximum Gasteiger partial charge on any atom is 0.573 e. The number of ether oxygens (including phenoxy) is 1. The zero-order chi connectivity index (χ0) is 27.0. The molecule has 3 aromatic rings. The lowest BCUT2D eigenvalue weighted by Crippen LogP contribution is -2.33. The molecule has 1 saturated heterocycles. The van der Waals surface area contributed by atoms with Crippen molar-refractivity contribution in [1.29, 1.82) is 0 Å². The minimum atomic E-state index is -4.60. The SMILES string of the molecule is C=C(CN(CO)c1ccc(C)cc1)N1CCCC1c1ccc(C)cc1.Cc1ccc(OC(F)(F)F)cc1. The zero-order valence-electron chi connectivity index (χ0n) is 21.6. The lowest BCUT2D eigenvalue weighted by Gasteiger charge is -2.33. The van der Waals surface area contributed by atoms with Crippen molar-refractivity contribution in [1.82, 2.24) is 4.90 Å². The van der Waals surface area contributed by atoms with Crippen LogP contribution in [0.15, 0.2) is 85.1 Å². The Morgan fingerprint density at radius 2 is 1.43 bits per heavy atom. The fourth-order valence-electron chi connectivity index (χ4n) is 4.31. The second kappa shape index (κ2) is 12.7. The number of benzene rings is 3. The molecular weight excluding hydrogens is 477 g/mol. The molecule has 1 fully saturated rings. The van der Waals surface area contributed by atoms with Gasteiger partial charge in [0.25, 0.3) is 0 Å². The van der Waals surface area contributed by atoms with E-state index in [1.165, 1.54) is 35.2 Å². The third kappa shape index (κ3) is 8.57. The van der Waals surface area contributed by atoms with E-state index in [1.807, 2.05) is 4.90 Å². The number of aliphatic hydroxyl groups is 1. The van der Waals surface area contributed by atoms with Gasteiger partial charge in [-0.15, -0.1) is 13.2 Å². The van der Waals surface area contributed by atoms with E-state index in [1.54, 1.807) is 19.1 Å². The van der Waals surface area contributed by atoms with Crippen LogP contribution < -0.4 is 9.64 Å². The highest BCUT2D eigenvalue weighted by atomic mass is 19.4. The Bertz CT molecular complexity index is 1130. The molecule has 0 aromatic heterocycles. The molecule has 1 N–H and O–H groups in total. The Labute approximate surface area is 217 Å². The minimum Gasteiger partial charge on any atom is -0.406 e. The highest BCUT2D eigenvalue weighted by Gasteiger charge is 2.31. The summed E-state index contributed by atoms with van der Waals surface area (Å²) in [5.74, 6) is -0.187. The van der Waals surface area contributed by atoms with E-state index in [2.05, 4.69) is 78.6 Å². The van der Waals surface area contributed by atoms with Crippen LogP contribution >= 0.6 is 0 Å². The van der Waals surface area contributed by atoms with Gasteiger partial charge in [0.15, 0.2) is 0 Å². The van der Waals surface area contributed by atoms with Crippen LogP contribution in [0.4, 0.5) is 18.9 Å². The van der Waals surface area contributed by atoms with Gasteiger partial charge in [0.2, 0.25) is 0 Å². The van der Waals surface area contributed by atoms with Crippen molar-refractivity contribution < 1.29 is 23.0 Å². The van der Waals surface area contributed by atoms with Crippen molar-refractivity contribution in [3.8, 4) is 5.75 Å². The number of hydrogen-bond acceptors (Lipinski definition) is 4. The molecule has 4 nitrogen and oxygen atoms in total. The average molecular weight is 513 g/mol. The molecule has 1 heterocycles. The van der Waals surface area contributed by atoms with Crippen molar-refractivity contribution in [3.63, 3.8) is 0 Å². The summed E-state index contributed by atoms with van der Waals surface area (Å²) in [5.41, 5.74) is 6.86. The van der Waals surface area contributed by atoms with Crippen LogP contribution in [0.5, 0.6) is 5.75 Å². The van der Waals surface area contributed by atoms with Crippen LogP contribution in [-0.2, 0) is 0 Å². The van der Waals surface area contributed by atoms with Crippen molar-refractivity contribution in [2.24, 2.45) is 0 Å². The van der Waals surface area contributed by atoms with E-state index in [0.29, 0.717) is 12.6 Å². The fourth-order valence-corrected chi connectivity index (χ4v) is 4.31. The third-order valence-corrected chi connectivity index (χ3v) is 6.32. The molecule has 1 unspecified atom stereocenters.